The molecule has 5 aromatic rings. The van der Waals surface area contributed by atoms with E-state index in [1.807, 2.05) is 18.2 Å². The lowest BCUT2D eigenvalue weighted by Crippen LogP contribution is -2.06. The third-order valence-corrected chi connectivity index (χ3v) is 6.33. The molecule has 1 fully saturated rings. The summed E-state index contributed by atoms with van der Waals surface area (Å²) >= 11 is 0. The summed E-state index contributed by atoms with van der Waals surface area (Å²) < 4.78 is 13.6. The highest BCUT2D eigenvalue weighted by atomic mass is 16.6. The standard InChI is InChI=1S/C29H25N3O2/c1-2-32-27-10-6-5-9-24(27)25-15-20(11-13-28(25)32)16-30-31-17-26-23-8-4-3-7-21(23)12-14-29(26)34-19-22-18-33-22/h3-17,22H,2,18-19H2,1H3/b30-16+,31-17+. The predicted octanol–water partition coefficient (Wildman–Crippen LogP) is 6.20. The molecular weight excluding hydrogens is 422 g/mol. The molecule has 1 aliphatic rings. The highest BCUT2D eigenvalue weighted by Crippen LogP contribution is 2.30. The van der Waals surface area contributed by atoms with Crippen LogP contribution in [0.15, 0.2) is 89.1 Å². The van der Waals surface area contributed by atoms with E-state index in [0.717, 1.165) is 40.8 Å². The Morgan fingerprint density at radius 2 is 1.65 bits per heavy atom. The largest absolute Gasteiger partial charge is 0.490 e. The molecule has 0 bridgehead atoms. The number of rotatable bonds is 7. The van der Waals surface area contributed by atoms with Crippen molar-refractivity contribution >= 4 is 45.0 Å². The number of hydrogen-bond acceptors (Lipinski definition) is 4. The fourth-order valence-corrected chi connectivity index (χ4v) is 4.56. The number of ether oxygens (including phenoxy) is 2. The van der Waals surface area contributed by atoms with Crippen molar-refractivity contribution in [2.24, 2.45) is 10.2 Å². The number of para-hydroxylation sites is 1. The minimum absolute atomic E-state index is 0.197. The van der Waals surface area contributed by atoms with Crippen molar-refractivity contribution in [1.82, 2.24) is 4.57 Å². The first-order valence-corrected chi connectivity index (χ1v) is 11.7. The molecule has 1 aromatic heterocycles. The molecule has 1 saturated heterocycles. The van der Waals surface area contributed by atoms with Crippen LogP contribution in [0.3, 0.4) is 0 Å². The summed E-state index contributed by atoms with van der Waals surface area (Å²) in [5, 5.41) is 13.5. The van der Waals surface area contributed by atoms with Gasteiger partial charge >= 0.3 is 0 Å². The van der Waals surface area contributed by atoms with E-state index in [-0.39, 0.29) is 6.10 Å². The maximum absolute atomic E-state index is 6.02. The molecule has 6 rings (SSSR count). The fourth-order valence-electron chi connectivity index (χ4n) is 4.56. The molecule has 4 aromatic carbocycles. The summed E-state index contributed by atoms with van der Waals surface area (Å²) in [5.41, 5.74) is 4.44. The Morgan fingerprint density at radius 3 is 2.50 bits per heavy atom. The lowest BCUT2D eigenvalue weighted by Gasteiger charge is -2.10. The van der Waals surface area contributed by atoms with Crippen LogP contribution in [0.25, 0.3) is 32.6 Å². The Kier molecular flexibility index (Phi) is 5.32. The zero-order chi connectivity index (χ0) is 22.9. The number of aromatic nitrogens is 1. The second-order valence-electron chi connectivity index (χ2n) is 8.49. The van der Waals surface area contributed by atoms with Gasteiger partial charge in [-0.05, 0) is 47.5 Å². The lowest BCUT2D eigenvalue weighted by molar-refractivity contribution is 0.263. The Balaban J connectivity index is 1.31. The zero-order valence-corrected chi connectivity index (χ0v) is 19.0. The Bertz CT molecular complexity index is 1560. The van der Waals surface area contributed by atoms with Crippen molar-refractivity contribution in [2.75, 3.05) is 13.2 Å². The van der Waals surface area contributed by atoms with Gasteiger partial charge in [0.25, 0.3) is 0 Å². The number of nitrogens with zero attached hydrogens (tertiary/aromatic N) is 3. The first-order chi connectivity index (χ1) is 16.8. The van der Waals surface area contributed by atoms with E-state index < -0.39 is 0 Å². The average molecular weight is 448 g/mol. The Labute approximate surface area is 197 Å². The van der Waals surface area contributed by atoms with Crippen LogP contribution in [-0.4, -0.2) is 36.3 Å². The predicted molar refractivity (Wildman–Crippen MR) is 139 cm³/mol. The van der Waals surface area contributed by atoms with Crippen LogP contribution in [0.1, 0.15) is 18.1 Å². The van der Waals surface area contributed by atoms with E-state index in [4.69, 9.17) is 9.47 Å². The molecule has 1 atom stereocenters. The van der Waals surface area contributed by atoms with Crippen LogP contribution in [0.5, 0.6) is 5.75 Å². The molecule has 0 N–H and O–H groups in total. The van der Waals surface area contributed by atoms with Crippen molar-refractivity contribution in [3.05, 3.63) is 90.0 Å². The first-order valence-electron chi connectivity index (χ1n) is 11.7. The van der Waals surface area contributed by atoms with E-state index >= 15 is 0 Å². The van der Waals surface area contributed by atoms with Gasteiger partial charge in [0.05, 0.1) is 19.0 Å². The molecule has 34 heavy (non-hydrogen) atoms. The van der Waals surface area contributed by atoms with E-state index in [2.05, 4.69) is 82.4 Å². The van der Waals surface area contributed by atoms with Crippen LogP contribution in [0, 0.1) is 0 Å². The van der Waals surface area contributed by atoms with Crippen LogP contribution >= 0.6 is 0 Å². The molecule has 1 unspecified atom stereocenters. The van der Waals surface area contributed by atoms with Gasteiger partial charge in [0.2, 0.25) is 0 Å². The normalized spacial score (nSPS) is 15.9. The number of aryl methyl sites for hydroxylation is 1. The van der Waals surface area contributed by atoms with Gasteiger partial charge in [-0.3, -0.25) is 0 Å². The van der Waals surface area contributed by atoms with Gasteiger partial charge in [0.15, 0.2) is 0 Å². The first kappa shape index (κ1) is 20.6. The van der Waals surface area contributed by atoms with Crippen molar-refractivity contribution in [3.8, 4) is 5.75 Å². The summed E-state index contributed by atoms with van der Waals surface area (Å²) in [6, 6.07) is 27.3. The van der Waals surface area contributed by atoms with Crippen LogP contribution < -0.4 is 4.74 Å². The van der Waals surface area contributed by atoms with E-state index in [9.17, 15) is 0 Å². The summed E-state index contributed by atoms with van der Waals surface area (Å²) in [7, 11) is 0. The summed E-state index contributed by atoms with van der Waals surface area (Å²) in [5.74, 6) is 0.793. The second-order valence-corrected chi connectivity index (χ2v) is 8.49. The highest BCUT2D eigenvalue weighted by molar-refractivity contribution is 6.09. The molecule has 0 spiro atoms. The van der Waals surface area contributed by atoms with Crippen LogP contribution in [-0.2, 0) is 11.3 Å². The van der Waals surface area contributed by atoms with Gasteiger partial charge in [-0.15, -0.1) is 0 Å². The quantitative estimate of drug-likeness (QED) is 0.169. The molecule has 5 heteroatoms. The average Bonchev–Trinajstić information content (AvgIpc) is 3.66. The van der Waals surface area contributed by atoms with Crippen molar-refractivity contribution in [2.45, 2.75) is 19.6 Å². The maximum atomic E-state index is 6.02. The second kappa shape index (κ2) is 8.76. The van der Waals surface area contributed by atoms with Gasteiger partial charge < -0.3 is 14.0 Å². The third kappa shape index (κ3) is 3.84. The molecule has 0 aliphatic carbocycles. The highest BCUT2D eigenvalue weighted by Gasteiger charge is 2.23. The molecule has 1 aliphatic heterocycles. The monoisotopic (exact) mass is 447 g/mol. The summed E-state index contributed by atoms with van der Waals surface area (Å²) in [6.45, 7) is 4.43. The summed E-state index contributed by atoms with van der Waals surface area (Å²) in [6.07, 6.45) is 3.78. The van der Waals surface area contributed by atoms with Gasteiger partial charge in [-0.2, -0.15) is 10.2 Å². The zero-order valence-electron chi connectivity index (χ0n) is 19.0. The Morgan fingerprint density at radius 1 is 0.882 bits per heavy atom. The molecule has 0 amide bonds. The maximum Gasteiger partial charge on any atom is 0.128 e. The smallest absolute Gasteiger partial charge is 0.128 e. The minimum Gasteiger partial charge on any atom is -0.490 e. The van der Waals surface area contributed by atoms with Crippen LogP contribution in [0.2, 0.25) is 0 Å². The van der Waals surface area contributed by atoms with Gasteiger partial charge in [0, 0.05) is 33.9 Å². The van der Waals surface area contributed by atoms with Gasteiger partial charge in [0.1, 0.15) is 18.5 Å². The number of epoxide rings is 1. The van der Waals surface area contributed by atoms with E-state index in [1.165, 1.54) is 21.8 Å². The van der Waals surface area contributed by atoms with Gasteiger partial charge in [-0.25, -0.2) is 0 Å². The van der Waals surface area contributed by atoms with Gasteiger partial charge in [-0.1, -0.05) is 54.6 Å². The Hall–Kier alpha value is -3.96. The topological polar surface area (TPSA) is 51.4 Å². The molecule has 0 saturated carbocycles. The molecular formula is C29H25N3O2. The molecule has 5 nitrogen and oxygen atoms in total. The summed E-state index contributed by atoms with van der Waals surface area (Å²) in [4.78, 5) is 0. The van der Waals surface area contributed by atoms with E-state index in [0.29, 0.717) is 6.61 Å². The molecule has 2 heterocycles. The van der Waals surface area contributed by atoms with E-state index in [1.54, 1.807) is 12.4 Å². The SMILES string of the molecule is CCn1c2ccccc2c2cc(/C=N/N=C/c3c(OCC4CO4)ccc4ccccc34)ccc21. The minimum atomic E-state index is 0.197. The van der Waals surface area contributed by atoms with Crippen molar-refractivity contribution in [3.63, 3.8) is 0 Å². The number of benzene rings is 4. The lowest BCUT2D eigenvalue weighted by atomic mass is 10.0. The molecule has 0 radical (unpaired) electrons. The fraction of sp³-hybridized carbons (Fsp3) is 0.172. The van der Waals surface area contributed by atoms with Crippen molar-refractivity contribution in [1.29, 1.82) is 0 Å². The molecule has 168 valence electrons. The number of fused-ring (bicyclic) bond motifs is 4. The third-order valence-electron chi connectivity index (χ3n) is 6.33. The van der Waals surface area contributed by atoms with Crippen molar-refractivity contribution < 1.29 is 9.47 Å². The van der Waals surface area contributed by atoms with Crippen LogP contribution in [0.4, 0.5) is 0 Å². The number of hydrogen-bond donors (Lipinski definition) is 0.